The van der Waals surface area contributed by atoms with E-state index in [1.165, 1.54) is 14.0 Å². The van der Waals surface area contributed by atoms with Crippen molar-refractivity contribution in [1.82, 2.24) is 5.32 Å². The number of carbonyl (C=O) groups excluding carboxylic acids is 2. The molecule has 0 aromatic rings. The largest absolute Gasteiger partial charge is 0.466 e. The van der Waals surface area contributed by atoms with Gasteiger partial charge in [-0.1, -0.05) is 26.8 Å². The zero-order valence-corrected chi connectivity index (χ0v) is 13.6. The molecule has 0 aliphatic heterocycles. The van der Waals surface area contributed by atoms with Gasteiger partial charge in [0.05, 0.1) is 25.4 Å². The highest BCUT2D eigenvalue weighted by Gasteiger charge is 2.35. The highest BCUT2D eigenvalue weighted by atomic mass is 16.5. The van der Waals surface area contributed by atoms with Crippen molar-refractivity contribution in [1.29, 1.82) is 0 Å². The molecule has 0 fully saturated rings. The van der Waals surface area contributed by atoms with Crippen LogP contribution in [-0.2, 0) is 19.1 Å². The molecule has 1 rings (SSSR count). The third-order valence-corrected chi connectivity index (χ3v) is 3.95. The van der Waals surface area contributed by atoms with E-state index in [0.717, 1.165) is 12.8 Å². The molecule has 0 saturated carbocycles. The van der Waals surface area contributed by atoms with Gasteiger partial charge in [0, 0.05) is 18.9 Å². The molecule has 0 bridgehead atoms. The van der Waals surface area contributed by atoms with Crippen molar-refractivity contribution in [3.8, 4) is 0 Å². The lowest BCUT2D eigenvalue weighted by Gasteiger charge is -2.37. The Balaban J connectivity index is 2.94. The van der Waals surface area contributed by atoms with Crippen molar-refractivity contribution < 1.29 is 19.1 Å². The van der Waals surface area contributed by atoms with Crippen LogP contribution < -0.4 is 5.32 Å². The maximum absolute atomic E-state index is 11.8. The summed E-state index contributed by atoms with van der Waals surface area (Å²) in [5.41, 5.74) is 0.627. The number of nitrogens with one attached hydrogen (secondary N) is 1. The van der Waals surface area contributed by atoms with Crippen LogP contribution in [0.2, 0.25) is 0 Å². The number of amides is 1. The van der Waals surface area contributed by atoms with Gasteiger partial charge in [-0.05, 0) is 18.8 Å². The number of esters is 1. The van der Waals surface area contributed by atoms with Crippen LogP contribution in [0.15, 0.2) is 11.6 Å². The van der Waals surface area contributed by atoms with Gasteiger partial charge in [0.15, 0.2) is 0 Å². The minimum atomic E-state index is -0.318. The molecule has 3 unspecified atom stereocenters. The molecular weight excluding hydrogens is 270 g/mol. The number of methoxy groups -OCH3 is 1. The Labute approximate surface area is 127 Å². The van der Waals surface area contributed by atoms with E-state index in [-0.39, 0.29) is 36.0 Å². The summed E-state index contributed by atoms with van der Waals surface area (Å²) >= 11 is 0. The van der Waals surface area contributed by atoms with Crippen molar-refractivity contribution in [3.63, 3.8) is 0 Å². The lowest BCUT2D eigenvalue weighted by molar-refractivity contribution is -0.137. The molecule has 1 N–H and O–H groups in total. The summed E-state index contributed by atoms with van der Waals surface area (Å²) in [6.07, 6.45) is 4.09. The van der Waals surface area contributed by atoms with Gasteiger partial charge in [-0.15, -0.1) is 0 Å². The maximum Gasteiger partial charge on any atom is 0.333 e. The van der Waals surface area contributed by atoms with E-state index in [0.29, 0.717) is 12.0 Å². The van der Waals surface area contributed by atoms with Crippen LogP contribution in [0, 0.1) is 5.92 Å². The van der Waals surface area contributed by atoms with Crippen LogP contribution in [0.3, 0.4) is 0 Å². The summed E-state index contributed by atoms with van der Waals surface area (Å²) in [5.74, 6) is -0.378. The zero-order valence-electron chi connectivity index (χ0n) is 13.6. The fraction of sp³-hybridized carbons (Fsp3) is 0.750. The third-order valence-electron chi connectivity index (χ3n) is 3.95. The predicted octanol–water partition coefficient (Wildman–Crippen LogP) is 2.20. The number of hydrogen-bond donors (Lipinski definition) is 1. The monoisotopic (exact) mass is 297 g/mol. The molecule has 0 saturated heterocycles. The number of ether oxygens (including phenoxy) is 2. The Bertz CT molecular complexity index is 401. The van der Waals surface area contributed by atoms with Crippen LogP contribution in [0.25, 0.3) is 0 Å². The molecule has 3 atom stereocenters. The molecule has 1 amide bonds. The zero-order chi connectivity index (χ0) is 16.0. The Morgan fingerprint density at radius 1 is 1.38 bits per heavy atom. The maximum atomic E-state index is 11.8. The summed E-state index contributed by atoms with van der Waals surface area (Å²) in [5, 5.41) is 2.95. The van der Waals surface area contributed by atoms with Crippen molar-refractivity contribution in [2.24, 2.45) is 5.92 Å². The smallest absolute Gasteiger partial charge is 0.333 e. The van der Waals surface area contributed by atoms with Crippen molar-refractivity contribution in [2.75, 3.05) is 7.11 Å². The second kappa shape index (κ2) is 8.17. The van der Waals surface area contributed by atoms with Gasteiger partial charge < -0.3 is 14.8 Å². The Kier molecular flexibility index (Phi) is 6.89. The van der Waals surface area contributed by atoms with Crippen molar-refractivity contribution in [2.45, 2.75) is 65.2 Å². The van der Waals surface area contributed by atoms with Gasteiger partial charge in [0.2, 0.25) is 5.91 Å². The van der Waals surface area contributed by atoms with Crippen LogP contribution in [0.4, 0.5) is 0 Å². The fourth-order valence-corrected chi connectivity index (χ4v) is 2.77. The van der Waals surface area contributed by atoms with Crippen LogP contribution in [-0.4, -0.2) is 37.2 Å². The first-order valence-electron chi connectivity index (χ1n) is 7.64. The average molecular weight is 297 g/mol. The first-order valence-corrected chi connectivity index (χ1v) is 7.64. The van der Waals surface area contributed by atoms with E-state index in [1.54, 1.807) is 0 Å². The minimum absolute atomic E-state index is 0.0242. The molecule has 5 heteroatoms. The standard InChI is InChI=1S/C16H27NO4/c1-6-13(7-2)21-14-9-12(16(19)20-5)8-10(3)15(14)17-11(4)18/h8,10,13-15H,6-7,9H2,1-5H3,(H,17,18). The van der Waals surface area contributed by atoms with E-state index in [1.807, 2.05) is 13.0 Å². The van der Waals surface area contributed by atoms with Crippen LogP contribution in [0.1, 0.15) is 47.0 Å². The topological polar surface area (TPSA) is 64.6 Å². The number of rotatable bonds is 6. The fourth-order valence-electron chi connectivity index (χ4n) is 2.77. The number of carbonyl (C=O) groups is 2. The minimum Gasteiger partial charge on any atom is -0.466 e. The second-order valence-corrected chi connectivity index (χ2v) is 5.59. The molecule has 1 aliphatic rings. The number of hydrogen-bond acceptors (Lipinski definition) is 4. The lowest BCUT2D eigenvalue weighted by Crippen LogP contribution is -2.50. The molecule has 21 heavy (non-hydrogen) atoms. The summed E-state index contributed by atoms with van der Waals surface area (Å²) < 4.78 is 10.9. The molecule has 0 aromatic carbocycles. The Morgan fingerprint density at radius 3 is 2.48 bits per heavy atom. The summed E-state index contributed by atoms with van der Waals surface area (Å²) in [7, 11) is 1.38. The summed E-state index contributed by atoms with van der Waals surface area (Å²) in [6, 6.07) is -0.114. The summed E-state index contributed by atoms with van der Waals surface area (Å²) in [6.45, 7) is 7.63. The van der Waals surface area contributed by atoms with Gasteiger partial charge in [-0.25, -0.2) is 4.79 Å². The molecule has 0 aromatic heterocycles. The third kappa shape index (κ3) is 4.84. The highest BCUT2D eigenvalue weighted by Crippen LogP contribution is 2.28. The Hall–Kier alpha value is -1.36. The van der Waals surface area contributed by atoms with Crippen LogP contribution in [0.5, 0.6) is 0 Å². The highest BCUT2D eigenvalue weighted by molar-refractivity contribution is 5.88. The van der Waals surface area contributed by atoms with Gasteiger partial charge in [0.25, 0.3) is 0 Å². The van der Waals surface area contributed by atoms with Gasteiger partial charge in [-0.2, -0.15) is 0 Å². The molecule has 5 nitrogen and oxygen atoms in total. The van der Waals surface area contributed by atoms with Gasteiger partial charge >= 0.3 is 5.97 Å². The van der Waals surface area contributed by atoms with Gasteiger partial charge in [-0.3, -0.25) is 4.79 Å². The molecule has 0 radical (unpaired) electrons. The van der Waals surface area contributed by atoms with E-state index < -0.39 is 0 Å². The molecule has 120 valence electrons. The summed E-state index contributed by atoms with van der Waals surface area (Å²) in [4.78, 5) is 23.2. The normalized spacial score (nSPS) is 25.4. The first-order chi connectivity index (χ1) is 9.92. The predicted molar refractivity (Wildman–Crippen MR) is 80.7 cm³/mol. The van der Waals surface area contributed by atoms with Crippen molar-refractivity contribution >= 4 is 11.9 Å². The Morgan fingerprint density at radius 2 is 2.00 bits per heavy atom. The average Bonchev–Trinajstić information content (AvgIpc) is 2.46. The van der Waals surface area contributed by atoms with Crippen molar-refractivity contribution in [3.05, 3.63) is 11.6 Å². The van der Waals surface area contributed by atoms with E-state index in [4.69, 9.17) is 9.47 Å². The van der Waals surface area contributed by atoms with E-state index >= 15 is 0 Å². The first kappa shape index (κ1) is 17.7. The molecule has 0 spiro atoms. The quantitative estimate of drug-likeness (QED) is 0.763. The second-order valence-electron chi connectivity index (χ2n) is 5.59. The van der Waals surface area contributed by atoms with E-state index in [9.17, 15) is 9.59 Å². The molecular formula is C16H27NO4. The SMILES string of the molecule is CCC(CC)OC1CC(C(=O)OC)=CC(C)C1NC(C)=O. The molecule has 1 aliphatic carbocycles. The molecule has 0 heterocycles. The lowest BCUT2D eigenvalue weighted by atomic mass is 9.84. The van der Waals surface area contributed by atoms with Gasteiger partial charge in [0.1, 0.15) is 0 Å². The van der Waals surface area contributed by atoms with E-state index in [2.05, 4.69) is 19.2 Å². The van der Waals surface area contributed by atoms with Crippen LogP contribution >= 0.6 is 0 Å².